The summed E-state index contributed by atoms with van der Waals surface area (Å²) in [5.41, 5.74) is 6.59. The molecular weight excluding hydrogens is 396 g/mol. The van der Waals surface area contributed by atoms with Crippen LogP contribution in [0.15, 0.2) is 61.0 Å². The Labute approximate surface area is 192 Å². The van der Waals surface area contributed by atoms with Crippen molar-refractivity contribution in [2.75, 3.05) is 33.7 Å². The van der Waals surface area contributed by atoms with E-state index in [1.165, 1.54) is 11.1 Å². The SMILES string of the molecule is C=C(NC/C(=C/CC)CNC)c1cccc(Oc2ccnc(C3=CN(C)CCC3)c2)c1C. The van der Waals surface area contributed by atoms with Crippen molar-refractivity contribution in [2.24, 2.45) is 0 Å². The number of pyridine rings is 1. The van der Waals surface area contributed by atoms with Crippen LogP contribution in [0, 0.1) is 6.92 Å². The first kappa shape index (κ1) is 23.6. The summed E-state index contributed by atoms with van der Waals surface area (Å²) in [5.74, 6) is 1.63. The molecule has 2 N–H and O–H groups in total. The molecule has 32 heavy (non-hydrogen) atoms. The highest BCUT2D eigenvalue weighted by molar-refractivity contribution is 5.68. The second-order valence-corrected chi connectivity index (χ2v) is 8.28. The molecule has 0 atom stereocenters. The molecule has 5 heteroatoms. The molecule has 0 saturated carbocycles. The number of nitrogens with one attached hydrogen (secondary N) is 2. The molecule has 1 aromatic carbocycles. The van der Waals surface area contributed by atoms with Gasteiger partial charge in [0, 0.05) is 62.0 Å². The fourth-order valence-electron chi connectivity index (χ4n) is 3.98. The molecule has 0 unspecified atom stereocenters. The molecule has 1 aliphatic heterocycles. The van der Waals surface area contributed by atoms with Crippen molar-refractivity contribution in [3.8, 4) is 11.5 Å². The zero-order valence-electron chi connectivity index (χ0n) is 19.9. The van der Waals surface area contributed by atoms with Gasteiger partial charge in [-0.1, -0.05) is 31.7 Å². The first-order chi connectivity index (χ1) is 15.5. The summed E-state index contributed by atoms with van der Waals surface area (Å²) in [6.45, 7) is 11.2. The standard InChI is InChI=1S/C27H36N4O/c1-6-9-22(17-28-4)18-30-21(3)25-11-7-12-27(20(25)2)32-24-13-14-29-26(16-24)23-10-8-15-31(5)19-23/h7,9,11-14,16,19,28,30H,3,6,8,10,15,17-18H2,1-2,4-5H3/b22-9+. The summed E-state index contributed by atoms with van der Waals surface area (Å²) in [6, 6.07) is 10.0. The maximum absolute atomic E-state index is 6.29. The van der Waals surface area contributed by atoms with Crippen LogP contribution in [0.3, 0.4) is 0 Å². The van der Waals surface area contributed by atoms with Crippen molar-refractivity contribution in [1.82, 2.24) is 20.5 Å². The van der Waals surface area contributed by atoms with E-state index in [1.54, 1.807) is 0 Å². The topological polar surface area (TPSA) is 49.4 Å². The molecule has 0 fully saturated rings. The summed E-state index contributed by atoms with van der Waals surface area (Å²) in [6.07, 6.45) is 9.48. The summed E-state index contributed by atoms with van der Waals surface area (Å²) < 4.78 is 6.29. The Hall–Kier alpha value is -3.05. The van der Waals surface area contributed by atoms with Crippen molar-refractivity contribution in [1.29, 1.82) is 0 Å². The zero-order chi connectivity index (χ0) is 22.9. The van der Waals surface area contributed by atoms with Gasteiger partial charge < -0.3 is 20.3 Å². The molecule has 0 spiro atoms. The number of aromatic nitrogens is 1. The van der Waals surface area contributed by atoms with E-state index >= 15 is 0 Å². The molecule has 170 valence electrons. The van der Waals surface area contributed by atoms with Gasteiger partial charge >= 0.3 is 0 Å². The van der Waals surface area contributed by atoms with Gasteiger partial charge in [0.05, 0.1) is 5.69 Å². The number of nitrogens with zero attached hydrogens (tertiary/aromatic N) is 2. The first-order valence-corrected chi connectivity index (χ1v) is 11.4. The lowest BCUT2D eigenvalue weighted by Crippen LogP contribution is -2.21. The molecule has 1 aromatic heterocycles. The van der Waals surface area contributed by atoms with Gasteiger partial charge in [0.2, 0.25) is 0 Å². The van der Waals surface area contributed by atoms with E-state index in [1.807, 2.05) is 37.5 Å². The van der Waals surface area contributed by atoms with Crippen LogP contribution >= 0.6 is 0 Å². The molecule has 0 aliphatic carbocycles. The second-order valence-electron chi connectivity index (χ2n) is 8.28. The molecule has 5 nitrogen and oxygen atoms in total. The smallest absolute Gasteiger partial charge is 0.131 e. The molecule has 2 heterocycles. The predicted octanol–water partition coefficient (Wildman–Crippen LogP) is 5.36. The van der Waals surface area contributed by atoms with E-state index in [9.17, 15) is 0 Å². The van der Waals surface area contributed by atoms with Crippen molar-refractivity contribution in [3.63, 3.8) is 0 Å². The van der Waals surface area contributed by atoms with Crippen molar-refractivity contribution >= 4 is 11.3 Å². The van der Waals surface area contributed by atoms with E-state index < -0.39 is 0 Å². The average molecular weight is 433 g/mol. The van der Waals surface area contributed by atoms with Crippen LogP contribution in [0.1, 0.15) is 43.0 Å². The number of hydrogen-bond acceptors (Lipinski definition) is 5. The summed E-state index contributed by atoms with van der Waals surface area (Å²) in [4.78, 5) is 6.79. The average Bonchev–Trinajstić information content (AvgIpc) is 2.79. The third-order valence-electron chi connectivity index (χ3n) is 5.66. The third kappa shape index (κ3) is 6.24. The number of benzene rings is 1. The van der Waals surface area contributed by atoms with Gasteiger partial charge in [-0.15, -0.1) is 0 Å². The number of ether oxygens (including phenoxy) is 1. The molecule has 3 rings (SSSR count). The van der Waals surface area contributed by atoms with Crippen LogP contribution in [0.4, 0.5) is 0 Å². The maximum Gasteiger partial charge on any atom is 0.131 e. The highest BCUT2D eigenvalue weighted by Gasteiger charge is 2.13. The Morgan fingerprint density at radius 2 is 2.12 bits per heavy atom. The lowest BCUT2D eigenvalue weighted by molar-refractivity contribution is 0.431. The number of rotatable bonds is 10. The summed E-state index contributed by atoms with van der Waals surface area (Å²) >= 11 is 0. The summed E-state index contributed by atoms with van der Waals surface area (Å²) in [5, 5.41) is 6.70. The highest BCUT2D eigenvalue weighted by Crippen LogP contribution is 2.31. The normalized spacial score (nSPS) is 14.2. The quantitative estimate of drug-likeness (QED) is 0.495. The molecule has 0 radical (unpaired) electrons. The Kier molecular flexibility index (Phi) is 8.51. The molecule has 1 aliphatic rings. The van der Waals surface area contributed by atoms with Crippen LogP contribution in [0.5, 0.6) is 11.5 Å². The largest absolute Gasteiger partial charge is 0.457 e. The van der Waals surface area contributed by atoms with E-state index in [0.717, 1.165) is 72.9 Å². The minimum absolute atomic E-state index is 0.773. The van der Waals surface area contributed by atoms with Gasteiger partial charge in [0.15, 0.2) is 0 Å². The van der Waals surface area contributed by atoms with E-state index in [-0.39, 0.29) is 0 Å². The third-order valence-corrected chi connectivity index (χ3v) is 5.66. The lowest BCUT2D eigenvalue weighted by atomic mass is 10.0. The molecule has 2 aromatic rings. The van der Waals surface area contributed by atoms with Crippen LogP contribution in [-0.4, -0.2) is 43.6 Å². The van der Waals surface area contributed by atoms with Gasteiger partial charge in [-0.2, -0.15) is 0 Å². The Morgan fingerprint density at radius 1 is 1.28 bits per heavy atom. The van der Waals surface area contributed by atoms with Crippen molar-refractivity contribution < 1.29 is 4.74 Å². The van der Waals surface area contributed by atoms with Crippen molar-refractivity contribution in [2.45, 2.75) is 33.1 Å². The van der Waals surface area contributed by atoms with Gasteiger partial charge in [-0.3, -0.25) is 4.98 Å². The van der Waals surface area contributed by atoms with Crippen LogP contribution in [0.25, 0.3) is 11.3 Å². The molecule has 0 amide bonds. The minimum atomic E-state index is 0.773. The second kappa shape index (κ2) is 11.5. The van der Waals surface area contributed by atoms with Crippen LogP contribution in [0.2, 0.25) is 0 Å². The lowest BCUT2D eigenvalue weighted by Gasteiger charge is -2.22. The van der Waals surface area contributed by atoms with Gasteiger partial charge in [0.1, 0.15) is 11.5 Å². The van der Waals surface area contributed by atoms with Gasteiger partial charge in [-0.05, 0) is 56.5 Å². The molecular formula is C27H36N4O. The highest BCUT2D eigenvalue weighted by atomic mass is 16.5. The first-order valence-electron chi connectivity index (χ1n) is 11.4. The van der Waals surface area contributed by atoms with Gasteiger partial charge in [0.25, 0.3) is 0 Å². The Balaban J connectivity index is 1.74. The summed E-state index contributed by atoms with van der Waals surface area (Å²) in [7, 11) is 4.08. The fourth-order valence-corrected chi connectivity index (χ4v) is 3.98. The number of hydrogen-bond donors (Lipinski definition) is 2. The molecule has 0 bridgehead atoms. The monoisotopic (exact) mass is 432 g/mol. The van der Waals surface area contributed by atoms with E-state index in [4.69, 9.17) is 4.74 Å². The van der Waals surface area contributed by atoms with Gasteiger partial charge in [-0.25, -0.2) is 0 Å². The maximum atomic E-state index is 6.29. The zero-order valence-corrected chi connectivity index (χ0v) is 19.9. The minimum Gasteiger partial charge on any atom is -0.457 e. The van der Waals surface area contributed by atoms with Crippen LogP contribution < -0.4 is 15.4 Å². The van der Waals surface area contributed by atoms with Crippen molar-refractivity contribution in [3.05, 3.63) is 77.8 Å². The number of allylic oxidation sites excluding steroid dienone is 2. The molecule has 0 saturated heterocycles. The Morgan fingerprint density at radius 3 is 2.88 bits per heavy atom. The predicted molar refractivity (Wildman–Crippen MR) is 135 cm³/mol. The van der Waals surface area contributed by atoms with E-state index in [0.29, 0.717) is 0 Å². The fraction of sp³-hybridized carbons (Fsp3) is 0.370. The number of likely N-dealkylation sites (N-methyl/N-ethyl adjacent to an activating group) is 1. The Bertz CT molecular complexity index is 993. The van der Waals surface area contributed by atoms with Crippen LogP contribution in [-0.2, 0) is 0 Å². The van der Waals surface area contributed by atoms with E-state index in [2.05, 4.69) is 66.3 Å².